The molecule has 7 atom stereocenters. The van der Waals surface area contributed by atoms with Crippen LogP contribution in [0.4, 0.5) is 0 Å². The Morgan fingerprint density at radius 3 is 1.09 bits per heavy atom. The van der Waals surface area contributed by atoms with Gasteiger partial charge in [-0.3, -0.25) is 9.35 Å². The summed E-state index contributed by atoms with van der Waals surface area (Å²) in [7, 11) is -5.09. The number of carbonyl (C=O) groups excluding carboxylic acids is 1. The number of nitrogens with one attached hydrogen (secondary N) is 1. The van der Waals surface area contributed by atoms with Gasteiger partial charge in [0.1, 0.15) is 24.4 Å². The number of aliphatic hydroxyl groups excluding tert-OH is 4. The zero-order valence-corrected chi connectivity index (χ0v) is 57.7. The predicted octanol–water partition coefficient (Wildman–Crippen LogP) is 20.3. The molecule has 13 heteroatoms. The molecule has 1 heterocycles. The number of carbonyl (C=O) groups is 1. The summed E-state index contributed by atoms with van der Waals surface area (Å²) in [5, 5.41) is 45.4. The highest BCUT2D eigenvalue weighted by Gasteiger charge is 2.48. The Morgan fingerprint density at radius 2 is 0.770 bits per heavy atom. The van der Waals surface area contributed by atoms with Gasteiger partial charge in [-0.05, 0) is 44.9 Å². The second-order valence-corrected chi connectivity index (χ2v) is 27.6. The summed E-state index contributed by atoms with van der Waals surface area (Å²) in [6, 6.07) is -0.859. The van der Waals surface area contributed by atoms with Crippen LogP contribution in [0.3, 0.4) is 0 Å². The van der Waals surface area contributed by atoms with Crippen molar-refractivity contribution in [1.29, 1.82) is 0 Å². The topological polar surface area (TPSA) is 192 Å². The molecular formula is C74H143NO11S. The van der Waals surface area contributed by atoms with E-state index in [9.17, 15) is 38.2 Å². The number of ether oxygens (including phenoxy) is 2. The van der Waals surface area contributed by atoms with Crippen molar-refractivity contribution >= 4 is 16.3 Å². The highest BCUT2D eigenvalue weighted by molar-refractivity contribution is 7.80. The zero-order chi connectivity index (χ0) is 63.2. The molecule has 1 amide bonds. The van der Waals surface area contributed by atoms with Crippen molar-refractivity contribution < 1.29 is 51.8 Å². The summed E-state index contributed by atoms with van der Waals surface area (Å²) in [5.74, 6) is -0.222. The maximum atomic E-state index is 13.2. The summed E-state index contributed by atoms with van der Waals surface area (Å²) in [4.78, 5) is 13.2. The number of aliphatic hydroxyl groups is 4. The standard InChI is InChI=1S/C74H143NO11S/c1-3-5-7-9-11-13-15-17-19-21-23-25-27-29-30-31-32-33-34-35-36-37-38-40-42-44-46-48-50-52-54-56-58-60-62-64-70(78)75-67(66-84-74-72(80)73(86-87(81,82)83)71(79)69(65-76)85-74)68(77)63-61-59-57-55-53-51-49-47-45-43-41-39-28-26-24-22-20-18-16-14-12-10-8-6-4-2/h27,29,31-32,67-69,71-74,76-77,79-80H,3-26,28,30,33-66H2,1-2H3,(H,75,78)(H,81,82,83)/b29-27-,32-31-. The Kier molecular flexibility index (Phi) is 60.9. The second kappa shape index (κ2) is 63.3. The molecule has 0 bridgehead atoms. The van der Waals surface area contributed by atoms with E-state index in [0.717, 1.165) is 57.8 Å². The largest absolute Gasteiger partial charge is 0.397 e. The van der Waals surface area contributed by atoms with Gasteiger partial charge in [-0.1, -0.05) is 359 Å². The molecule has 0 spiro atoms. The van der Waals surface area contributed by atoms with Crippen LogP contribution in [-0.4, -0.2) is 95.4 Å². The Hall–Kier alpha value is -1.42. The monoisotopic (exact) mass is 1250 g/mol. The van der Waals surface area contributed by atoms with Gasteiger partial charge in [0.2, 0.25) is 5.91 Å². The van der Waals surface area contributed by atoms with Crippen LogP contribution in [0.1, 0.15) is 386 Å². The average molecular weight is 1260 g/mol. The fraction of sp³-hybridized carbons (Fsp3) is 0.932. The van der Waals surface area contributed by atoms with Gasteiger partial charge in [0.25, 0.3) is 0 Å². The Balaban J connectivity index is 2.19. The van der Waals surface area contributed by atoms with E-state index in [-0.39, 0.29) is 12.5 Å². The fourth-order valence-corrected chi connectivity index (χ4v) is 13.0. The molecule has 7 unspecified atom stereocenters. The average Bonchev–Trinajstić information content (AvgIpc) is 1.79. The molecule has 12 nitrogen and oxygen atoms in total. The molecule has 0 aromatic carbocycles. The number of amides is 1. The first kappa shape index (κ1) is 83.6. The zero-order valence-electron chi connectivity index (χ0n) is 56.9. The van der Waals surface area contributed by atoms with Gasteiger partial charge < -0.3 is 35.2 Å². The lowest BCUT2D eigenvalue weighted by atomic mass is 9.99. The minimum absolute atomic E-state index is 0.222. The molecule has 1 rings (SSSR count). The molecule has 1 saturated heterocycles. The fourth-order valence-electron chi connectivity index (χ4n) is 12.5. The van der Waals surface area contributed by atoms with E-state index in [1.807, 2.05) is 0 Å². The molecule has 87 heavy (non-hydrogen) atoms. The minimum Gasteiger partial charge on any atom is -0.394 e. The van der Waals surface area contributed by atoms with Crippen LogP contribution >= 0.6 is 0 Å². The van der Waals surface area contributed by atoms with Gasteiger partial charge in [0.05, 0.1) is 25.4 Å². The lowest BCUT2D eigenvalue weighted by molar-refractivity contribution is -0.298. The number of hydrogen-bond donors (Lipinski definition) is 6. The normalized spacial score (nSPS) is 18.2. The molecule has 1 fully saturated rings. The number of rotatable bonds is 68. The quantitative estimate of drug-likeness (QED) is 0.0193. The van der Waals surface area contributed by atoms with Crippen molar-refractivity contribution in [3.63, 3.8) is 0 Å². The second-order valence-electron chi connectivity index (χ2n) is 26.6. The van der Waals surface area contributed by atoms with Crippen LogP contribution in [0, 0.1) is 0 Å². The summed E-state index contributed by atoms with van der Waals surface area (Å²) >= 11 is 0. The number of hydrogen-bond acceptors (Lipinski definition) is 10. The third-order valence-corrected chi connectivity index (χ3v) is 18.7. The van der Waals surface area contributed by atoms with Crippen LogP contribution < -0.4 is 5.32 Å². The number of allylic oxidation sites excluding steroid dienone is 4. The third kappa shape index (κ3) is 54.8. The van der Waals surface area contributed by atoms with Gasteiger partial charge in [0.15, 0.2) is 6.29 Å². The molecule has 6 N–H and O–H groups in total. The van der Waals surface area contributed by atoms with Gasteiger partial charge in [-0.15, -0.1) is 0 Å². The predicted molar refractivity (Wildman–Crippen MR) is 365 cm³/mol. The maximum absolute atomic E-state index is 13.2. The first-order valence-electron chi connectivity index (χ1n) is 37.7. The molecule has 0 saturated carbocycles. The number of unbranched alkanes of at least 4 members (excludes halogenated alkanes) is 52. The van der Waals surface area contributed by atoms with Crippen LogP contribution in [0.2, 0.25) is 0 Å². The molecule has 1 aliphatic heterocycles. The van der Waals surface area contributed by atoms with Crippen LogP contribution in [0.15, 0.2) is 24.3 Å². The van der Waals surface area contributed by atoms with Crippen molar-refractivity contribution in [2.24, 2.45) is 0 Å². The SMILES string of the molecule is CCCCCCCCCCCCC/C=C\C/C=C\CCCCCCCCCCCCCCCCCCCC(=O)NC(COC1OC(CO)C(O)C(OS(=O)(=O)O)C1O)C(O)CCCCCCCCCCCCCCCCCCCCCCCCCCC. The lowest BCUT2D eigenvalue weighted by Gasteiger charge is -2.41. The molecule has 1 aliphatic rings. The van der Waals surface area contributed by atoms with Gasteiger partial charge in [-0.2, -0.15) is 8.42 Å². The van der Waals surface area contributed by atoms with E-state index in [1.54, 1.807) is 0 Å². The molecule has 516 valence electrons. The van der Waals surface area contributed by atoms with Crippen molar-refractivity contribution in [2.45, 2.75) is 429 Å². The highest BCUT2D eigenvalue weighted by Crippen LogP contribution is 2.27. The summed E-state index contributed by atoms with van der Waals surface area (Å²) in [5.41, 5.74) is 0. The molecule has 0 aromatic heterocycles. The van der Waals surface area contributed by atoms with Gasteiger partial charge in [-0.25, -0.2) is 4.18 Å². The van der Waals surface area contributed by atoms with E-state index >= 15 is 0 Å². The Labute approximate surface area is 537 Å². The molecular weight excluding hydrogens is 1110 g/mol. The highest BCUT2D eigenvalue weighted by atomic mass is 32.3. The Bertz CT molecular complexity index is 1620. The maximum Gasteiger partial charge on any atom is 0.397 e. The first-order valence-corrected chi connectivity index (χ1v) is 39.1. The van der Waals surface area contributed by atoms with Crippen molar-refractivity contribution in [3.8, 4) is 0 Å². The van der Waals surface area contributed by atoms with E-state index in [1.165, 1.54) is 302 Å². The van der Waals surface area contributed by atoms with E-state index < -0.39 is 59.9 Å². The third-order valence-electron chi connectivity index (χ3n) is 18.3. The van der Waals surface area contributed by atoms with E-state index in [4.69, 9.17) is 9.47 Å². The lowest BCUT2D eigenvalue weighted by Crippen LogP contribution is -2.61. The molecule has 0 aliphatic carbocycles. The van der Waals surface area contributed by atoms with Gasteiger partial charge >= 0.3 is 10.4 Å². The molecule has 0 radical (unpaired) electrons. The summed E-state index contributed by atoms with van der Waals surface area (Å²) in [6.45, 7) is 3.53. The van der Waals surface area contributed by atoms with Gasteiger partial charge in [0, 0.05) is 6.42 Å². The van der Waals surface area contributed by atoms with Crippen LogP contribution in [0.5, 0.6) is 0 Å². The van der Waals surface area contributed by atoms with E-state index in [2.05, 4.69) is 47.7 Å². The first-order chi connectivity index (χ1) is 42.5. The minimum atomic E-state index is -5.09. The Morgan fingerprint density at radius 1 is 0.460 bits per heavy atom. The van der Waals surface area contributed by atoms with Crippen LogP contribution in [0.25, 0.3) is 0 Å². The van der Waals surface area contributed by atoms with Crippen molar-refractivity contribution in [1.82, 2.24) is 5.32 Å². The summed E-state index contributed by atoms with van der Waals surface area (Å²) in [6.07, 6.45) is 73.7. The smallest absolute Gasteiger partial charge is 0.394 e. The molecule has 0 aromatic rings. The van der Waals surface area contributed by atoms with Crippen LogP contribution in [-0.2, 0) is 28.9 Å². The van der Waals surface area contributed by atoms with E-state index in [0.29, 0.717) is 12.8 Å². The van der Waals surface area contributed by atoms with Crippen molar-refractivity contribution in [2.75, 3.05) is 13.2 Å². The van der Waals surface area contributed by atoms with Crippen molar-refractivity contribution in [3.05, 3.63) is 24.3 Å². The summed E-state index contributed by atoms with van der Waals surface area (Å²) < 4.78 is 48.2.